The summed E-state index contributed by atoms with van der Waals surface area (Å²) in [4.78, 5) is 12.5. The first-order valence-corrected chi connectivity index (χ1v) is 24.0. The normalized spacial score (nSPS) is 13.5. The summed E-state index contributed by atoms with van der Waals surface area (Å²) in [6, 6.07) is -0.793. The summed E-state index contributed by atoms with van der Waals surface area (Å²) in [6.07, 6.45) is 52.5. The highest BCUT2D eigenvalue weighted by atomic mass is 16.3. The highest BCUT2D eigenvalue weighted by Gasteiger charge is 2.22. The molecule has 0 rings (SSSR count). The predicted octanol–water partition coefficient (Wildman–Crippen LogP) is 14.0. The first-order valence-electron chi connectivity index (χ1n) is 24.0. The largest absolute Gasteiger partial charge is 0.394 e. The zero-order valence-electron chi connectivity index (χ0n) is 35.9. The lowest BCUT2D eigenvalue weighted by molar-refractivity contribution is -0.131. The number of hydrogen-bond donors (Lipinski definition) is 4. The predicted molar refractivity (Wildman–Crippen MR) is 232 cm³/mol. The van der Waals surface area contributed by atoms with Gasteiger partial charge in [-0.15, -0.1) is 0 Å². The van der Waals surface area contributed by atoms with E-state index >= 15 is 0 Å². The number of allylic oxidation sites excluding steroid dienone is 1. The molecule has 0 fully saturated rings. The number of aliphatic hydroxyl groups is 3. The van der Waals surface area contributed by atoms with Gasteiger partial charge in [0, 0.05) is 0 Å². The molecule has 0 radical (unpaired) electrons. The minimum atomic E-state index is -1.09. The molecule has 3 unspecified atom stereocenters. The third kappa shape index (κ3) is 39.1. The van der Waals surface area contributed by atoms with Gasteiger partial charge in [0.15, 0.2) is 0 Å². The van der Waals surface area contributed by atoms with Crippen LogP contribution in [0.3, 0.4) is 0 Å². The zero-order valence-corrected chi connectivity index (χ0v) is 35.9. The van der Waals surface area contributed by atoms with Gasteiger partial charge < -0.3 is 20.6 Å². The van der Waals surface area contributed by atoms with Gasteiger partial charge >= 0.3 is 0 Å². The topological polar surface area (TPSA) is 89.8 Å². The summed E-state index contributed by atoms with van der Waals surface area (Å²) in [5, 5.41) is 33.2. The van der Waals surface area contributed by atoms with Gasteiger partial charge in [0.25, 0.3) is 0 Å². The van der Waals surface area contributed by atoms with Crippen LogP contribution in [-0.4, -0.2) is 46.1 Å². The third-order valence-electron chi connectivity index (χ3n) is 11.4. The molecule has 5 nitrogen and oxygen atoms in total. The Bertz CT molecular complexity index is 743. The molecule has 0 spiro atoms. The maximum absolute atomic E-state index is 12.5. The number of hydrogen-bond acceptors (Lipinski definition) is 4. The van der Waals surface area contributed by atoms with Gasteiger partial charge in [-0.25, -0.2) is 0 Å². The molecule has 1 amide bonds. The van der Waals surface area contributed by atoms with E-state index < -0.39 is 24.2 Å². The van der Waals surface area contributed by atoms with Crippen LogP contribution >= 0.6 is 0 Å². The minimum Gasteiger partial charge on any atom is -0.394 e. The number of carbonyl (C=O) groups is 1. The van der Waals surface area contributed by atoms with Gasteiger partial charge in [-0.05, 0) is 19.3 Å². The Kier molecular flexibility index (Phi) is 43.1. The van der Waals surface area contributed by atoms with Gasteiger partial charge in [-0.1, -0.05) is 257 Å². The number of carbonyl (C=O) groups excluding carboxylic acids is 1. The highest BCUT2D eigenvalue weighted by molar-refractivity contribution is 5.80. The maximum Gasteiger partial charge on any atom is 0.249 e. The Morgan fingerprint density at radius 1 is 0.453 bits per heavy atom. The molecule has 0 aliphatic rings. The summed E-state index contributed by atoms with van der Waals surface area (Å²) in [6.45, 7) is 4.21. The lowest BCUT2D eigenvalue weighted by atomic mass is 10.0. The molecule has 0 aromatic carbocycles. The Hall–Kier alpha value is -0.910. The Morgan fingerprint density at radius 2 is 0.736 bits per heavy atom. The molecule has 4 N–H and O–H groups in total. The van der Waals surface area contributed by atoms with Crippen molar-refractivity contribution in [2.75, 3.05) is 6.61 Å². The van der Waals surface area contributed by atoms with Gasteiger partial charge in [0.05, 0.1) is 18.8 Å². The van der Waals surface area contributed by atoms with Crippen molar-refractivity contribution in [1.82, 2.24) is 5.32 Å². The second-order valence-electron chi connectivity index (χ2n) is 16.7. The average molecular weight is 750 g/mol. The van der Waals surface area contributed by atoms with Crippen LogP contribution in [0.1, 0.15) is 264 Å². The number of unbranched alkanes of at least 4 members (excludes halogenated alkanes) is 36. The fraction of sp³-hybridized carbons (Fsp3) is 0.938. The van der Waals surface area contributed by atoms with Crippen LogP contribution in [0.25, 0.3) is 0 Å². The number of amides is 1. The molecule has 0 aromatic heterocycles. The molecule has 0 aliphatic carbocycles. The summed E-state index contributed by atoms with van der Waals surface area (Å²) in [7, 11) is 0. The second-order valence-corrected chi connectivity index (χ2v) is 16.7. The molecular formula is C48H95NO4. The first kappa shape index (κ1) is 52.1. The van der Waals surface area contributed by atoms with Crippen molar-refractivity contribution in [3.8, 4) is 0 Å². The lowest BCUT2D eigenvalue weighted by Crippen LogP contribution is -2.48. The molecule has 0 aromatic rings. The van der Waals surface area contributed by atoms with E-state index in [2.05, 4.69) is 19.2 Å². The van der Waals surface area contributed by atoms with Crippen molar-refractivity contribution in [1.29, 1.82) is 0 Å². The lowest BCUT2D eigenvalue weighted by Gasteiger charge is -2.21. The summed E-state index contributed by atoms with van der Waals surface area (Å²) < 4.78 is 0. The molecule has 0 heterocycles. The van der Waals surface area contributed by atoms with Crippen LogP contribution in [0.2, 0.25) is 0 Å². The maximum atomic E-state index is 12.5. The number of aliphatic hydroxyl groups excluding tert-OH is 3. The average Bonchev–Trinajstić information content (AvgIpc) is 3.16. The smallest absolute Gasteiger partial charge is 0.249 e. The van der Waals surface area contributed by atoms with Crippen molar-refractivity contribution in [2.24, 2.45) is 0 Å². The SMILES string of the molecule is CCCCCCCCCCCCCCCCCCCCCC/C=C/C(O)C(CO)NC(=O)C(O)CCCCCCCCCCCCCCCCCCC. The zero-order chi connectivity index (χ0) is 38.7. The molecule has 3 atom stereocenters. The molecule has 0 bridgehead atoms. The molecular weight excluding hydrogens is 655 g/mol. The standard InChI is InChI=1S/C48H95NO4/c1-3-5-7-9-11-13-15-17-19-21-22-23-24-25-27-28-30-32-34-36-38-40-42-46(51)45(44-50)49-48(53)47(52)43-41-39-37-35-33-31-29-26-20-18-16-14-12-10-8-6-4-2/h40,42,45-47,50-52H,3-39,41,43-44H2,1-2H3,(H,49,53)/b42-40+. The van der Waals surface area contributed by atoms with Gasteiger partial charge in [-0.3, -0.25) is 4.79 Å². The summed E-state index contributed by atoms with van der Waals surface area (Å²) in [5.74, 6) is -0.498. The van der Waals surface area contributed by atoms with Gasteiger partial charge in [0.2, 0.25) is 5.91 Å². The van der Waals surface area contributed by atoms with Crippen LogP contribution in [0.4, 0.5) is 0 Å². The van der Waals surface area contributed by atoms with E-state index in [1.54, 1.807) is 6.08 Å². The quantitative estimate of drug-likeness (QED) is 0.0369. The molecule has 0 aliphatic heterocycles. The van der Waals surface area contributed by atoms with Crippen LogP contribution in [0.15, 0.2) is 12.2 Å². The third-order valence-corrected chi connectivity index (χ3v) is 11.4. The van der Waals surface area contributed by atoms with Gasteiger partial charge in [-0.2, -0.15) is 0 Å². The van der Waals surface area contributed by atoms with Crippen LogP contribution in [0.5, 0.6) is 0 Å². The van der Waals surface area contributed by atoms with Crippen molar-refractivity contribution >= 4 is 5.91 Å². The molecule has 53 heavy (non-hydrogen) atoms. The van der Waals surface area contributed by atoms with Crippen molar-refractivity contribution in [3.63, 3.8) is 0 Å². The molecule has 5 heteroatoms. The number of rotatable bonds is 44. The minimum absolute atomic E-state index is 0.359. The van der Waals surface area contributed by atoms with Gasteiger partial charge in [0.1, 0.15) is 6.10 Å². The van der Waals surface area contributed by atoms with Crippen LogP contribution in [0, 0.1) is 0 Å². The number of nitrogens with one attached hydrogen (secondary N) is 1. The fourth-order valence-corrected chi connectivity index (χ4v) is 7.60. The monoisotopic (exact) mass is 750 g/mol. The van der Waals surface area contributed by atoms with E-state index in [-0.39, 0.29) is 6.61 Å². The highest BCUT2D eigenvalue weighted by Crippen LogP contribution is 2.17. The molecule has 0 saturated heterocycles. The fourth-order valence-electron chi connectivity index (χ4n) is 7.60. The van der Waals surface area contributed by atoms with Crippen LogP contribution in [-0.2, 0) is 4.79 Å². The first-order chi connectivity index (χ1) is 26.1. The van der Waals surface area contributed by atoms with E-state index in [9.17, 15) is 20.1 Å². The van der Waals surface area contributed by atoms with Crippen molar-refractivity contribution in [3.05, 3.63) is 12.2 Å². The Balaban J connectivity index is 3.60. The van der Waals surface area contributed by atoms with E-state index in [4.69, 9.17) is 0 Å². The van der Waals surface area contributed by atoms with E-state index in [0.717, 1.165) is 32.1 Å². The summed E-state index contributed by atoms with van der Waals surface area (Å²) >= 11 is 0. The van der Waals surface area contributed by atoms with E-state index in [0.29, 0.717) is 6.42 Å². The van der Waals surface area contributed by atoms with Crippen LogP contribution < -0.4 is 5.32 Å². The van der Waals surface area contributed by atoms with Crippen molar-refractivity contribution in [2.45, 2.75) is 283 Å². The van der Waals surface area contributed by atoms with E-state index in [1.165, 1.54) is 212 Å². The van der Waals surface area contributed by atoms with E-state index in [1.807, 2.05) is 6.08 Å². The Labute approximate surface area is 331 Å². The summed E-state index contributed by atoms with van der Waals surface area (Å²) in [5.41, 5.74) is 0. The van der Waals surface area contributed by atoms with Crippen molar-refractivity contribution < 1.29 is 20.1 Å². The Morgan fingerprint density at radius 3 is 1.04 bits per heavy atom. The molecule has 0 saturated carbocycles. The second kappa shape index (κ2) is 43.8. The molecule has 316 valence electrons.